The number of H-pyrrole nitrogens is 2. The molecule has 0 saturated carbocycles. The van der Waals surface area contributed by atoms with E-state index in [2.05, 4.69) is 20.9 Å². The Kier molecular flexibility index (Phi) is 6.30. The standard InChI is InChI=1S/C19H13BrClN3O5/c20-13-6-8-16(29-10-12-3-1-2-4-14(12)21)11(9-13)5-7-15-17(24(27)28)18(25)23-19(26)22-15/h1-9H,10H2,(H2,22,23,25,26). The van der Waals surface area contributed by atoms with Gasteiger partial charge in [-0.15, -0.1) is 0 Å². The Balaban J connectivity index is 1.95. The molecule has 1 heterocycles. The molecule has 0 bridgehead atoms. The summed E-state index contributed by atoms with van der Waals surface area (Å²) < 4.78 is 6.59. The molecule has 0 amide bonds. The molecule has 1 aromatic heterocycles. The molecule has 29 heavy (non-hydrogen) atoms. The van der Waals surface area contributed by atoms with E-state index >= 15 is 0 Å². The Morgan fingerprint density at radius 1 is 1.14 bits per heavy atom. The number of aromatic nitrogens is 2. The number of ether oxygens (including phenoxy) is 1. The van der Waals surface area contributed by atoms with Gasteiger partial charge in [0.2, 0.25) is 0 Å². The van der Waals surface area contributed by atoms with E-state index in [0.29, 0.717) is 16.3 Å². The summed E-state index contributed by atoms with van der Waals surface area (Å²) in [6, 6.07) is 12.5. The summed E-state index contributed by atoms with van der Waals surface area (Å²) in [4.78, 5) is 37.6. The van der Waals surface area contributed by atoms with E-state index in [-0.39, 0.29) is 12.3 Å². The molecule has 0 aliphatic rings. The minimum atomic E-state index is -1.08. The molecule has 0 radical (unpaired) electrons. The van der Waals surface area contributed by atoms with Crippen LogP contribution < -0.4 is 16.0 Å². The minimum Gasteiger partial charge on any atom is -0.488 e. The zero-order valence-corrected chi connectivity index (χ0v) is 17.0. The Morgan fingerprint density at radius 2 is 1.90 bits per heavy atom. The van der Waals surface area contributed by atoms with Crippen LogP contribution in [0.3, 0.4) is 0 Å². The molecule has 0 spiro atoms. The molecule has 0 fully saturated rings. The molecule has 3 aromatic rings. The van der Waals surface area contributed by atoms with Crippen molar-refractivity contribution < 1.29 is 9.66 Å². The normalized spacial score (nSPS) is 11.0. The van der Waals surface area contributed by atoms with Crippen LogP contribution >= 0.6 is 27.5 Å². The number of rotatable bonds is 6. The highest BCUT2D eigenvalue weighted by Crippen LogP contribution is 2.27. The van der Waals surface area contributed by atoms with Crippen molar-refractivity contribution in [2.45, 2.75) is 6.61 Å². The van der Waals surface area contributed by atoms with Gasteiger partial charge in [-0.3, -0.25) is 19.9 Å². The number of nitro groups is 1. The molecule has 3 rings (SSSR count). The van der Waals surface area contributed by atoms with E-state index in [9.17, 15) is 19.7 Å². The number of hydrogen-bond acceptors (Lipinski definition) is 5. The van der Waals surface area contributed by atoms with Crippen molar-refractivity contribution in [1.29, 1.82) is 0 Å². The van der Waals surface area contributed by atoms with Crippen LogP contribution in [0.5, 0.6) is 5.75 Å². The summed E-state index contributed by atoms with van der Waals surface area (Å²) in [5, 5.41) is 11.7. The predicted molar refractivity (Wildman–Crippen MR) is 113 cm³/mol. The summed E-state index contributed by atoms with van der Waals surface area (Å²) in [5.74, 6) is 0.485. The largest absolute Gasteiger partial charge is 0.488 e. The first kappa shape index (κ1) is 20.6. The summed E-state index contributed by atoms with van der Waals surface area (Å²) in [7, 11) is 0. The maximum atomic E-state index is 11.7. The quantitative estimate of drug-likeness (QED) is 0.408. The highest BCUT2D eigenvalue weighted by Gasteiger charge is 2.19. The smallest absolute Gasteiger partial charge is 0.357 e. The van der Waals surface area contributed by atoms with Gasteiger partial charge in [0.25, 0.3) is 0 Å². The van der Waals surface area contributed by atoms with Gasteiger partial charge < -0.3 is 9.72 Å². The van der Waals surface area contributed by atoms with Gasteiger partial charge >= 0.3 is 16.9 Å². The molecule has 148 valence electrons. The molecule has 10 heteroatoms. The van der Waals surface area contributed by atoms with Crippen LogP contribution in [0.15, 0.2) is 56.5 Å². The van der Waals surface area contributed by atoms with Crippen LogP contribution in [0.2, 0.25) is 5.02 Å². The van der Waals surface area contributed by atoms with Gasteiger partial charge in [-0.05, 0) is 36.4 Å². The third-order valence-corrected chi connectivity index (χ3v) is 4.73. The Morgan fingerprint density at radius 3 is 2.62 bits per heavy atom. The topological polar surface area (TPSA) is 118 Å². The monoisotopic (exact) mass is 477 g/mol. The van der Waals surface area contributed by atoms with E-state index in [1.807, 2.05) is 23.2 Å². The van der Waals surface area contributed by atoms with Crippen molar-refractivity contribution in [3.05, 3.63) is 99.7 Å². The van der Waals surface area contributed by atoms with Gasteiger partial charge in [-0.2, -0.15) is 0 Å². The lowest BCUT2D eigenvalue weighted by Crippen LogP contribution is -2.25. The molecular weight excluding hydrogens is 466 g/mol. The van der Waals surface area contributed by atoms with Gasteiger partial charge in [0.05, 0.1) is 4.92 Å². The van der Waals surface area contributed by atoms with Crippen molar-refractivity contribution in [2.24, 2.45) is 0 Å². The zero-order chi connectivity index (χ0) is 21.0. The third-order valence-electron chi connectivity index (χ3n) is 3.87. The highest BCUT2D eigenvalue weighted by atomic mass is 79.9. The zero-order valence-electron chi connectivity index (χ0n) is 14.6. The SMILES string of the molecule is O=c1[nH]c(C=Cc2cc(Br)ccc2OCc2ccccc2Cl)c([N+](=O)[O-])c(=O)[nH]1. The molecule has 8 nitrogen and oxygen atoms in total. The maximum Gasteiger partial charge on any atom is 0.357 e. The first-order valence-corrected chi connectivity index (χ1v) is 9.37. The third kappa shape index (κ3) is 5.01. The highest BCUT2D eigenvalue weighted by molar-refractivity contribution is 9.10. The minimum absolute atomic E-state index is 0.212. The van der Waals surface area contributed by atoms with E-state index in [1.165, 1.54) is 12.2 Å². The number of hydrogen-bond donors (Lipinski definition) is 2. The second-order valence-electron chi connectivity index (χ2n) is 5.82. The van der Waals surface area contributed by atoms with Gasteiger partial charge in [-0.1, -0.05) is 45.7 Å². The van der Waals surface area contributed by atoms with E-state index in [4.69, 9.17) is 16.3 Å². The molecule has 0 atom stereocenters. The summed E-state index contributed by atoms with van der Waals surface area (Å²) in [6.45, 7) is 0.212. The van der Waals surface area contributed by atoms with Gasteiger partial charge in [0.1, 0.15) is 18.1 Å². The first-order chi connectivity index (χ1) is 13.8. The average Bonchev–Trinajstić information content (AvgIpc) is 2.65. The number of nitrogens with one attached hydrogen (secondary N) is 2. The fourth-order valence-electron chi connectivity index (χ4n) is 2.52. The number of nitrogens with zero attached hydrogens (tertiary/aromatic N) is 1. The fraction of sp³-hybridized carbons (Fsp3) is 0.0526. The fourth-order valence-corrected chi connectivity index (χ4v) is 3.09. The predicted octanol–water partition coefficient (Wildman–Crippen LogP) is 4.14. The molecule has 0 aliphatic carbocycles. The van der Waals surface area contributed by atoms with E-state index in [1.54, 1.807) is 24.3 Å². The van der Waals surface area contributed by atoms with Crippen molar-refractivity contribution in [3.63, 3.8) is 0 Å². The molecule has 2 aromatic carbocycles. The molecular formula is C19H13BrClN3O5. The van der Waals surface area contributed by atoms with Gasteiger partial charge in [0, 0.05) is 20.6 Å². The number of aromatic amines is 2. The second-order valence-corrected chi connectivity index (χ2v) is 7.15. The van der Waals surface area contributed by atoms with Crippen molar-refractivity contribution in [2.75, 3.05) is 0 Å². The molecule has 0 unspecified atom stereocenters. The van der Waals surface area contributed by atoms with Crippen LogP contribution in [-0.2, 0) is 6.61 Å². The van der Waals surface area contributed by atoms with E-state index < -0.39 is 21.9 Å². The summed E-state index contributed by atoms with van der Waals surface area (Å²) in [5.41, 5.74) is -1.54. The average molecular weight is 479 g/mol. The van der Waals surface area contributed by atoms with Crippen LogP contribution in [0.25, 0.3) is 12.2 Å². The van der Waals surface area contributed by atoms with Crippen LogP contribution in [0.4, 0.5) is 5.69 Å². The van der Waals surface area contributed by atoms with Crippen LogP contribution in [-0.4, -0.2) is 14.9 Å². The summed E-state index contributed by atoms with van der Waals surface area (Å²) in [6.07, 6.45) is 2.78. The molecule has 0 aliphatic heterocycles. The lowest BCUT2D eigenvalue weighted by molar-refractivity contribution is -0.386. The Hall–Kier alpha value is -3.17. The number of halogens is 2. The van der Waals surface area contributed by atoms with Crippen molar-refractivity contribution in [3.8, 4) is 5.75 Å². The maximum absolute atomic E-state index is 11.7. The van der Waals surface area contributed by atoms with Crippen molar-refractivity contribution >= 4 is 45.4 Å². The Labute approximate surface area is 177 Å². The van der Waals surface area contributed by atoms with Gasteiger partial charge in [-0.25, -0.2) is 4.79 Å². The Bertz CT molecular complexity index is 1220. The lowest BCUT2D eigenvalue weighted by atomic mass is 10.1. The van der Waals surface area contributed by atoms with Gasteiger partial charge in [0.15, 0.2) is 0 Å². The molecule has 2 N–H and O–H groups in total. The van der Waals surface area contributed by atoms with Crippen molar-refractivity contribution in [1.82, 2.24) is 9.97 Å². The first-order valence-electron chi connectivity index (χ1n) is 8.20. The summed E-state index contributed by atoms with van der Waals surface area (Å²) >= 11 is 9.50. The van der Waals surface area contributed by atoms with E-state index in [0.717, 1.165) is 10.0 Å². The van der Waals surface area contributed by atoms with Crippen LogP contribution in [0.1, 0.15) is 16.8 Å². The number of benzene rings is 2. The lowest BCUT2D eigenvalue weighted by Gasteiger charge is -2.11. The van der Waals surface area contributed by atoms with Crippen LogP contribution in [0, 0.1) is 10.1 Å². The molecule has 0 saturated heterocycles. The second kappa shape index (κ2) is 8.89.